The summed E-state index contributed by atoms with van der Waals surface area (Å²) in [4.78, 5) is 14.9. The van der Waals surface area contributed by atoms with Crippen LogP contribution in [-0.2, 0) is 9.53 Å². The molecular formula is C21H31BrN2O2. The molecule has 5 heteroatoms. The third-order valence-corrected chi connectivity index (χ3v) is 6.38. The quantitative estimate of drug-likeness (QED) is 0.733. The van der Waals surface area contributed by atoms with Crippen LogP contribution < -0.4 is 5.32 Å². The van der Waals surface area contributed by atoms with Gasteiger partial charge in [-0.05, 0) is 73.2 Å². The highest BCUT2D eigenvalue weighted by molar-refractivity contribution is 9.10. The molecule has 144 valence electrons. The van der Waals surface area contributed by atoms with Crippen molar-refractivity contribution >= 4 is 27.5 Å². The topological polar surface area (TPSA) is 41.6 Å². The van der Waals surface area contributed by atoms with Crippen molar-refractivity contribution in [3.8, 4) is 0 Å². The van der Waals surface area contributed by atoms with Crippen LogP contribution in [0.5, 0.6) is 0 Å². The van der Waals surface area contributed by atoms with Crippen LogP contribution in [0, 0.1) is 6.92 Å². The molecule has 1 amide bonds. The number of nitrogens with one attached hydrogen (secondary N) is 1. The van der Waals surface area contributed by atoms with Gasteiger partial charge in [0.1, 0.15) is 0 Å². The number of aryl methyl sites for hydroxylation is 1. The minimum atomic E-state index is -0.126. The van der Waals surface area contributed by atoms with Crippen LogP contribution in [0.1, 0.15) is 57.4 Å². The van der Waals surface area contributed by atoms with Gasteiger partial charge in [0.15, 0.2) is 0 Å². The van der Waals surface area contributed by atoms with Crippen molar-refractivity contribution < 1.29 is 9.53 Å². The maximum Gasteiger partial charge on any atom is 0.241 e. The highest BCUT2D eigenvalue weighted by Gasteiger charge is 2.28. The maximum atomic E-state index is 12.6. The third kappa shape index (κ3) is 5.30. The Balaban J connectivity index is 1.46. The number of nitrogens with zero attached hydrogens (tertiary/aromatic N) is 1. The lowest BCUT2D eigenvalue weighted by molar-refractivity contribution is -0.122. The Morgan fingerprint density at radius 1 is 1.15 bits per heavy atom. The zero-order chi connectivity index (χ0) is 18.5. The summed E-state index contributed by atoms with van der Waals surface area (Å²) in [6, 6.07) is 5.86. The van der Waals surface area contributed by atoms with E-state index in [0.717, 1.165) is 36.1 Å². The molecule has 1 heterocycles. The molecule has 2 aliphatic rings. The first-order valence-electron chi connectivity index (χ1n) is 9.99. The number of rotatable bonds is 5. The van der Waals surface area contributed by atoms with Crippen molar-refractivity contribution in [1.82, 2.24) is 4.90 Å². The summed E-state index contributed by atoms with van der Waals surface area (Å²) in [6.07, 6.45) is 9.35. The van der Waals surface area contributed by atoms with Crippen LogP contribution >= 0.6 is 15.9 Å². The van der Waals surface area contributed by atoms with Gasteiger partial charge in [-0.3, -0.25) is 9.69 Å². The van der Waals surface area contributed by atoms with Crippen LogP contribution in [0.4, 0.5) is 5.69 Å². The number of anilines is 1. The molecule has 0 spiro atoms. The van der Waals surface area contributed by atoms with E-state index in [1.807, 2.05) is 32.0 Å². The van der Waals surface area contributed by atoms with Crippen molar-refractivity contribution in [2.24, 2.45) is 0 Å². The van der Waals surface area contributed by atoms with Gasteiger partial charge in [0.05, 0.1) is 23.9 Å². The number of benzene rings is 1. The summed E-state index contributed by atoms with van der Waals surface area (Å²) in [7, 11) is 0. The van der Waals surface area contributed by atoms with Gasteiger partial charge in [-0.15, -0.1) is 0 Å². The van der Waals surface area contributed by atoms with E-state index in [0.29, 0.717) is 12.2 Å². The Hall–Kier alpha value is -0.910. The molecule has 1 aliphatic heterocycles. The fourth-order valence-corrected chi connectivity index (χ4v) is 4.59. The van der Waals surface area contributed by atoms with E-state index < -0.39 is 0 Å². The molecule has 2 fully saturated rings. The van der Waals surface area contributed by atoms with Crippen LogP contribution in [0.15, 0.2) is 22.7 Å². The average molecular weight is 423 g/mol. The number of piperidine rings is 1. The van der Waals surface area contributed by atoms with Gasteiger partial charge < -0.3 is 10.1 Å². The van der Waals surface area contributed by atoms with Gasteiger partial charge in [-0.2, -0.15) is 0 Å². The second kappa shape index (κ2) is 9.34. The molecule has 1 saturated heterocycles. The zero-order valence-electron chi connectivity index (χ0n) is 16.0. The van der Waals surface area contributed by atoms with E-state index in [1.54, 1.807) is 0 Å². The van der Waals surface area contributed by atoms with Crippen molar-refractivity contribution in [2.45, 2.75) is 77.0 Å². The van der Waals surface area contributed by atoms with Crippen LogP contribution in [0.2, 0.25) is 0 Å². The fraction of sp³-hybridized carbons (Fsp3) is 0.667. The van der Waals surface area contributed by atoms with Crippen LogP contribution in [0.3, 0.4) is 0 Å². The molecular weight excluding hydrogens is 392 g/mol. The minimum Gasteiger partial charge on any atom is -0.375 e. The Labute approximate surface area is 165 Å². The van der Waals surface area contributed by atoms with Gasteiger partial charge in [-0.25, -0.2) is 0 Å². The Morgan fingerprint density at radius 3 is 2.46 bits per heavy atom. The van der Waals surface area contributed by atoms with Gasteiger partial charge in [0, 0.05) is 17.6 Å². The predicted octanol–water partition coefficient (Wildman–Crippen LogP) is 4.90. The van der Waals surface area contributed by atoms with E-state index in [2.05, 4.69) is 26.1 Å². The lowest BCUT2D eigenvalue weighted by Gasteiger charge is -2.37. The molecule has 0 radical (unpaired) electrons. The van der Waals surface area contributed by atoms with E-state index in [-0.39, 0.29) is 11.9 Å². The maximum absolute atomic E-state index is 12.6. The second-order valence-corrected chi connectivity index (χ2v) is 8.63. The monoisotopic (exact) mass is 422 g/mol. The number of likely N-dealkylation sites (tertiary alicyclic amines) is 1. The summed E-state index contributed by atoms with van der Waals surface area (Å²) in [6.45, 7) is 5.90. The molecule has 0 bridgehead atoms. The number of hydrogen-bond acceptors (Lipinski definition) is 3. The molecule has 4 nitrogen and oxygen atoms in total. The number of hydrogen-bond donors (Lipinski definition) is 1. The number of amides is 1. The molecule has 26 heavy (non-hydrogen) atoms. The normalized spacial score (nSPS) is 21.5. The molecule has 1 aliphatic carbocycles. The van der Waals surface area contributed by atoms with Crippen molar-refractivity contribution in [3.63, 3.8) is 0 Å². The highest BCUT2D eigenvalue weighted by Crippen LogP contribution is 2.26. The lowest BCUT2D eigenvalue weighted by Crippen LogP contribution is -2.47. The predicted molar refractivity (Wildman–Crippen MR) is 110 cm³/mol. The lowest BCUT2D eigenvalue weighted by atomic mass is 9.97. The zero-order valence-corrected chi connectivity index (χ0v) is 17.6. The Kier molecular flexibility index (Phi) is 7.12. The first-order chi connectivity index (χ1) is 12.5. The summed E-state index contributed by atoms with van der Waals surface area (Å²) in [5.41, 5.74) is 2.01. The van der Waals surface area contributed by atoms with E-state index in [4.69, 9.17) is 4.74 Å². The van der Waals surface area contributed by atoms with Gasteiger partial charge >= 0.3 is 0 Å². The molecule has 3 rings (SSSR count). The molecule has 1 atom stereocenters. The standard InChI is InChI=1S/C21H31BrN2O2/c1-15-8-9-20(19(22)14-15)23-21(25)16(2)24-12-10-18(11-13-24)26-17-6-4-3-5-7-17/h8-9,14,16-18H,3-7,10-13H2,1-2H3,(H,23,25). The van der Waals surface area contributed by atoms with Crippen molar-refractivity contribution in [3.05, 3.63) is 28.2 Å². The van der Waals surface area contributed by atoms with Gasteiger partial charge in [0.25, 0.3) is 0 Å². The first kappa shape index (κ1) is 19.8. The Morgan fingerprint density at radius 2 is 1.81 bits per heavy atom. The number of halogens is 1. The summed E-state index contributed by atoms with van der Waals surface area (Å²) in [5, 5.41) is 3.05. The minimum absolute atomic E-state index is 0.0567. The van der Waals surface area contributed by atoms with E-state index in [1.165, 1.54) is 37.7 Å². The SMILES string of the molecule is Cc1ccc(NC(=O)C(C)N2CCC(OC3CCCCC3)CC2)c(Br)c1. The van der Waals surface area contributed by atoms with Crippen molar-refractivity contribution in [2.75, 3.05) is 18.4 Å². The molecule has 0 aromatic heterocycles. The first-order valence-corrected chi connectivity index (χ1v) is 10.8. The van der Waals surface area contributed by atoms with Gasteiger partial charge in [0.2, 0.25) is 5.91 Å². The molecule has 1 unspecified atom stereocenters. The molecule has 1 N–H and O–H groups in total. The number of ether oxygens (including phenoxy) is 1. The second-order valence-electron chi connectivity index (χ2n) is 7.78. The van der Waals surface area contributed by atoms with E-state index >= 15 is 0 Å². The summed E-state index contributed by atoms with van der Waals surface area (Å²) < 4.78 is 7.24. The smallest absolute Gasteiger partial charge is 0.241 e. The van der Waals surface area contributed by atoms with Gasteiger partial charge in [-0.1, -0.05) is 25.3 Å². The summed E-state index contributed by atoms with van der Waals surface area (Å²) in [5.74, 6) is 0.0567. The van der Waals surface area contributed by atoms with E-state index in [9.17, 15) is 4.79 Å². The Bertz CT molecular complexity index is 608. The number of carbonyl (C=O) groups is 1. The summed E-state index contributed by atoms with van der Waals surface area (Å²) >= 11 is 3.53. The molecule has 1 aromatic carbocycles. The van der Waals surface area contributed by atoms with Crippen LogP contribution in [0.25, 0.3) is 0 Å². The highest BCUT2D eigenvalue weighted by atomic mass is 79.9. The molecule has 1 aromatic rings. The fourth-order valence-electron chi connectivity index (χ4n) is 4.00. The van der Waals surface area contributed by atoms with Crippen molar-refractivity contribution in [1.29, 1.82) is 0 Å². The number of carbonyl (C=O) groups excluding carboxylic acids is 1. The largest absolute Gasteiger partial charge is 0.375 e. The third-order valence-electron chi connectivity index (χ3n) is 5.72. The molecule has 1 saturated carbocycles. The average Bonchev–Trinajstić information content (AvgIpc) is 2.65. The van der Waals surface area contributed by atoms with Crippen LogP contribution in [-0.4, -0.2) is 42.1 Å².